The Hall–Kier alpha value is -1.83. The highest BCUT2D eigenvalue weighted by molar-refractivity contribution is 5.98. The molecule has 1 aliphatic carbocycles. The van der Waals surface area contributed by atoms with E-state index in [1.165, 1.54) is 35.1 Å². The lowest BCUT2D eigenvalue weighted by molar-refractivity contribution is 0.455. The van der Waals surface area contributed by atoms with E-state index in [9.17, 15) is 0 Å². The van der Waals surface area contributed by atoms with Crippen LogP contribution in [0.15, 0.2) is 34.9 Å². The third-order valence-electron chi connectivity index (χ3n) is 3.70. The molecule has 2 aliphatic heterocycles. The van der Waals surface area contributed by atoms with Gasteiger partial charge in [0.1, 0.15) is 17.7 Å². The number of aromatic nitrogens is 1. The van der Waals surface area contributed by atoms with E-state index in [0.717, 1.165) is 24.1 Å². The molecule has 0 fully saturated rings. The summed E-state index contributed by atoms with van der Waals surface area (Å²) < 4.78 is 5.73. The first kappa shape index (κ1) is 9.23. The maximum Gasteiger partial charge on any atom is 0.117 e. The van der Waals surface area contributed by atoms with Crippen LogP contribution < -0.4 is 0 Å². The second kappa shape index (κ2) is 3.33. The molecular weight excluding hydrogens is 210 g/mol. The Morgan fingerprint density at radius 1 is 1.06 bits per heavy atom. The van der Waals surface area contributed by atoms with Crippen LogP contribution in [0.25, 0.3) is 22.2 Å². The van der Waals surface area contributed by atoms with Gasteiger partial charge in [-0.2, -0.15) is 0 Å². The molecule has 0 N–H and O–H groups in total. The molecule has 0 amide bonds. The molecule has 84 valence electrons. The Morgan fingerprint density at radius 3 is 2.94 bits per heavy atom. The van der Waals surface area contributed by atoms with Crippen molar-refractivity contribution in [2.45, 2.75) is 25.7 Å². The van der Waals surface area contributed by atoms with Crippen molar-refractivity contribution in [3.8, 4) is 11.3 Å². The predicted molar refractivity (Wildman–Crippen MR) is 67.3 cm³/mol. The van der Waals surface area contributed by atoms with Gasteiger partial charge in [-0.3, -0.25) is 0 Å². The monoisotopic (exact) mass is 223 g/mol. The quantitative estimate of drug-likeness (QED) is 0.579. The number of hydrogen-bond donors (Lipinski definition) is 0. The lowest BCUT2D eigenvalue weighted by atomic mass is 9.91. The summed E-state index contributed by atoms with van der Waals surface area (Å²) in [4.78, 5) is 4.63. The largest absolute Gasteiger partial charge is 0.467 e. The van der Waals surface area contributed by atoms with Gasteiger partial charge in [-0.25, -0.2) is 4.98 Å². The van der Waals surface area contributed by atoms with Gasteiger partial charge in [0.25, 0.3) is 0 Å². The third-order valence-corrected chi connectivity index (χ3v) is 3.70. The Labute approximate surface area is 99.6 Å². The first-order valence-electron chi connectivity index (χ1n) is 6.21. The van der Waals surface area contributed by atoms with E-state index in [1.54, 1.807) is 0 Å². The second-order valence-corrected chi connectivity index (χ2v) is 4.73. The third kappa shape index (κ3) is 1.24. The lowest BCUT2D eigenvalue weighted by Crippen LogP contribution is -2.04. The number of fused-ring (bicyclic) bond motifs is 5. The summed E-state index contributed by atoms with van der Waals surface area (Å²) in [5.41, 5.74) is 4.80. The summed E-state index contributed by atoms with van der Waals surface area (Å²) in [6.07, 6.45) is 6.53. The number of benzene rings is 1. The van der Waals surface area contributed by atoms with E-state index < -0.39 is 0 Å². The van der Waals surface area contributed by atoms with Crippen LogP contribution in [0.1, 0.15) is 24.2 Å². The molecule has 0 unspecified atom stereocenters. The van der Waals surface area contributed by atoms with Gasteiger partial charge >= 0.3 is 0 Å². The number of aryl methyl sites for hydroxylation is 1. The fraction of sp³-hybridized carbons (Fsp3) is 0.267. The maximum absolute atomic E-state index is 5.73. The molecule has 2 heterocycles. The van der Waals surface area contributed by atoms with Crippen LogP contribution in [-0.4, -0.2) is 4.98 Å². The zero-order valence-corrected chi connectivity index (χ0v) is 9.57. The van der Waals surface area contributed by atoms with Gasteiger partial charge < -0.3 is 4.42 Å². The molecule has 0 aromatic heterocycles. The summed E-state index contributed by atoms with van der Waals surface area (Å²) in [6, 6.07) is 8.37. The van der Waals surface area contributed by atoms with Crippen LogP contribution in [0.2, 0.25) is 0 Å². The van der Waals surface area contributed by atoms with E-state index >= 15 is 0 Å². The summed E-state index contributed by atoms with van der Waals surface area (Å²) >= 11 is 0. The van der Waals surface area contributed by atoms with E-state index in [0.29, 0.717) is 0 Å². The molecule has 1 aromatic carbocycles. The van der Waals surface area contributed by atoms with Crippen LogP contribution in [0.5, 0.6) is 0 Å². The van der Waals surface area contributed by atoms with E-state index in [2.05, 4.69) is 23.2 Å². The zero-order valence-electron chi connectivity index (χ0n) is 9.57. The van der Waals surface area contributed by atoms with Crippen LogP contribution in [0.3, 0.4) is 0 Å². The van der Waals surface area contributed by atoms with Crippen LogP contribution in [-0.2, 0) is 12.8 Å². The van der Waals surface area contributed by atoms with Gasteiger partial charge in [-0.05, 0) is 25.3 Å². The molecule has 0 atom stereocenters. The summed E-state index contributed by atoms with van der Waals surface area (Å²) in [5, 5.41) is 1.27. The molecule has 2 heteroatoms. The minimum atomic E-state index is 1.01. The van der Waals surface area contributed by atoms with Crippen molar-refractivity contribution in [3.63, 3.8) is 0 Å². The standard InChI is InChI=1S/C15H13NO/c1-3-7-12-10(5-1)15-11-6-2-4-8-14(11)17-9-13(15)16-12/h1,3,5,7,9H,2,4,6,8H2. The first-order chi connectivity index (χ1) is 8.43. The van der Waals surface area contributed by atoms with Gasteiger partial charge in [0.05, 0.1) is 5.52 Å². The van der Waals surface area contributed by atoms with Crippen molar-refractivity contribution in [1.29, 1.82) is 0 Å². The predicted octanol–water partition coefficient (Wildman–Crippen LogP) is 3.81. The smallest absolute Gasteiger partial charge is 0.117 e. The summed E-state index contributed by atoms with van der Waals surface area (Å²) in [5.74, 6) is 1.17. The minimum absolute atomic E-state index is 1.01. The Morgan fingerprint density at radius 2 is 1.94 bits per heavy atom. The number of rotatable bonds is 0. The van der Waals surface area contributed by atoms with Crippen molar-refractivity contribution >= 4 is 10.9 Å². The molecule has 3 aliphatic rings. The van der Waals surface area contributed by atoms with Crippen molar-refractivity contribution in [1.82, 2.24) is 4.98 Å². The Kier molecular flexibility index (Phi) is 1.81. The number of hydrogen-bond acceptors (Lipinski definition) is 2. The molecule has 0 saturated carbocycles. The molecule has 0 spiro atoms. The van der Waals surface area contributed by atoms with Crippen molar-refractivity contribution in [2.75, 3.05) is 0 Å². The molecule has 17 heavy (non-hydrogen) atoms. The van der Waals surface area contributed by atoms with Gasteiger partial charge in [0.2, 0.25) is 0 Å². The first-order valence-corrected chi connectivity index (χ1v) is 6.21. The minimum Gasteiger partial charge on any atom is -0.467 e. The molecule has 0 bridgehead atoms. The highest BCUT2D eigenvalue weighted by Crippen LogP contribution is 2.38. The summed E-state index contributed by atoms with van der Waals surface area (Å²) in [6.45, 7) is 0. The fourth-order valence-electron chi connectivity index (χ4n) is 2.91. The second-order valence-electron chi connectivity index (χ2n) is 4.73. The normalized spacial score (nSPS) is 15.3. The molecule has 0 radical (unpaired) electrons. The van der Waals surface area contributed by atoms with Gasteiger partial charge in [-0.15, -0.1) is 0 Å². The van der Waals surface area contributed by atoms with Gasteiger partial charge in [-0.1, -0.05) is 18.2 Å². The average Bonchev–Trinajstić information content (AvgIpc) is 2.77. The topological polar surface area (TPSA) is 26.0 Å². The van der Waals surface area contributed by atoms with E-state index in [1.807, 2.05) is 12.3 Å². The lowest BCUT2D eigenvalue weighted by Gasteiger charge is -2.17. The van der Waals surface area contributed by atoms with Crippen LogP contribution in [0, 0.1) is 0 Å². The number of para-hydroxylation sites is 1. The Bertz CT molecular complexity index is 668. The molecule has 4 rings (SSSR count). The number of nitrogens with zero attached hydrogens (tertiary/aromatic N) is 1. The SMILES string of the molecule is c1ccc2c3c4c(occ-3nc2c1)CCCC4. The van der Waals surface area contributed by atoms with Gasteiger partial charge in [0, 0.05) is 22.9 Å². The van der Waals surface area contributed by atoms with Crippen molar-refractivity contribution in [3.05, 3.63) is 41.9 Å². The maximum atomic E-state index is 5.73. The molecule has 0 saturated heterocycles. The molecule has 1 aromatic rings. The van der Waals surface area contributed by atoms with E-state index in [4.69, 9.17) is 4.42 Å². The van der Waals surface area contributed by atoms with Crippen molar-refractivity contribution < 1.29 is 4.42 Å². The fourth-order valence-corrected chi connectivity index (χ4v) is 2.91. The highest BCUT2D eigenvalue weighted by atomic mass is 16.3. The Balaban J connectivity index is 2.16. The van der Waals surface area contributed by atoms with Crippen molar-refractivity contribution in [2.24, 2.45) is 0 Å². The van der Waals surface area contributed by atoms with Crippen LogP contribution in [0.4, 0.5) is 0 Å². The molecule has 2 nitrogen and oxygen atoms in total. The zero-order chi connectivity index (χ0) is 11.2. The van der Waals surface area contributed by atoms with Gasteiger partial charge in [0.15, 0.2) is 0 Å². The highest BCUT2D eigenvalue weighted by Gasteiger charge is 2.22. The summed E-state index contributed by atoms with van der Waals surface area (Å²) in [7, 11) is 0. The van der Waals surface area contributed by atoms with E-state index in [-0.39, 0.29) is 0 Å². The van der Waals surface area contributed by atoms with Crippen LogP contribution >= 0.6 is 0 Å². The average molecular weight is 223 g/mol. The molecular formula is C15H13NO.